The molecule has 96 valence electrons. The Hall–Kier alpha value is -0.0900. The second-order valence-electron chi connectivity index (χ2n) is 4.10. The molecule has 0 bridgehead atoms. The van der Waals surface area contributed by atoms with Gasteiger partial charge in [0.15, 0.2) is 0 Å². The van der Waals surface area contributed by atoms with Crippen LogP contribution < -0.4 is 5.32 Å². The summed E-state index contributed by atoms with van der Waals surface area (Å²) in [6, 6.07) is 5.50. The van der Waals surface area contributed by atoms with E-state index in [-0.39, 0.29) is 11.3 Å². The molecule has 0 saturated carbocycles. The molecule has 0 aliphatic carbocycles. The molecule has 1 rings (SSSR count). The molecule has 17 heavy (non-hydrogen) atoms. The molecule has 0 saturated heterocycles. The molecule has 5 heteroatoms. The maximum Gasteiger partial charge on any atom is 0.0454 e. The van der Waals surface area contributed by atoms with Crippen LogP contribution in [0.1, 0.15) is 25.5 Å². The van der Waals surface area contributed by atoms with E-state index >= 15 is 0 Å². The molecule has 3 atom stereocenters. The summed E-state index contributed by atoms with van der Waals surface area (Å²) in [6.45, 7) is 4.66. The SMILES string of the molecule is CC(NCC(C)S(C)=O)c1cc(Cl)ccc1Cl. The Kier molecular flexibility index (Phi) is 5.93. The first kappa shape index (κ1) is 15.0. The molecule has 1 aromatic carbocycles. The molecule has 0 amide bonds. The van der Waals surface area contributed by atoms with Crippen molar-refractivity contribution in [3.8, 4) is 0 Å². The zero-order valence-corrected chi connectivity index (χ0v) is 12.5. The van der Waals surface area contributed by atoms with Gasteiger partial charge in [-0.05, 0) is 37.6 Å². The molecule has 0 aromatic heterocycles. The van der Waals surface area contributed by atoms with Crippen molar-refractivity contribution in [1.82, 2.24) is 5.32 Å². The highest BCUT2D eigenvalue weighted by Gasteiger charge is 2.12. The smallest absolute Gasteiger partial charge is 0.0454 e. The van der Waals surface area contributed by atoms with Crippen LogP contribution in [0.2, 0.25) is 10.0 Å². The van der Waals surface area contributed by atoms with Gasteiger partial charge in [0.1, 0.15) is 0 Å². The molecule has 0 aliphatic rings. The Morgan fingerprint density at radius 3 is 2.59 bits per heavy atom. The summed E-state index contributed by atoms with van der Waals surface area (Å²) in [6.07, 6.45) is 1.71. The van der Waals surface area contributed by atoms with Gasteiger partial charge in [-0.1, -0.05) is 23.2 Å². The second kappa shape index (κ2) is 6.74. The monoisotopic (exact) mass is 293 g/mol. The van der Waals surface area contributed by atoms with E-state index in [1.807, 2.05) is 19.9 Å². The van der Waals surface area contributed by atoms with E-state index in [9.17, 15) is 4.21 Å². The molecule has 0 spiro atoms. The molecule has 1 N–H and O–H groups in total. The van der Waals surface area contributed by atoms with Crippen LogP contribution in [-0.4, -0.2) is 22.3 Å². The molecule has 2 nitrogen and oxygen atoms in total. The molecule has 0 aliphatic heterocycles. The highest BCUT2D eigenvalue weighted by atomic mass is 35.5. The Balaban J connectivity index is 2.66. The molecule has 0 heterocycles. The van der Waals surface area contributed by atoms with Gasteiger partial charge in [0, 0.05) is 44.9 Å². The van der Waals surface area contributed by atoms with Crippen LogP contribution >= 0.6 is 23.2 Å². The van der Waals surface area contributed by atoms with E-state index in [0.29, 0.717) is 16.6 Å². The number of hydrogen-bond donors (Lipinski definition) is 1. The average Bonchev–Trinajstić information content (AvgIpc) is 2.28. The van der Waals surface area contributed by atoms with Crippen molar-refractivity contribution >= 4 is 34.0 Å². The van der Waals surface area contributed by atoms with Gasteiger partial charge in [-0.15, -0.1) is 0 Å². The van der Waals surface area contributed by atoms with Gasteiger partial charge < -0.3 is 5.32 Å². The Labute approximate surface area is 115 Å². The minimum absolute atomic E-state index is 0.0900. The first-order chi connectivity index (χ1) is 7.91. The average molecular weight is 294 g/mol. The van der Waals surface area contributed by atoms with Crippen LogP contribution in [0.3, 0.4) is 0 Å². The van der Waals surface area contributed by atoms with E-state index in [2.05, 4.69) is 5.32 Å². The lowest BCUT2D eigenvalue weighted by Gasteiger charge is -2.18. The number of hydrogen-bond acceptors (Lipinski definition) is 2. The molecule has 0 fully saturated rings. The number of halogens is 2. The third kappa shape index (κ3) is 4.59. The van der Waals surface area contributed by atoms with Gasteiger partial charge in [0.25, 0.3) is 0 Å². The predicted molar refractivity (Wildman–Crippen MR) is 76.4 cm³/mol. The van der Waals surface area contributed by atoms with Crippen LogP contribution in [0.15, 0.2) is 18.2 Å². The standard InChI is InChI=1S/C12H17Cl2NOS/c1-8(17(3)16)7-15-9(2)11-6-10(13)4-5-12(11)14/h4-6,8-9,15H,7H2,1-3H3. The zero-order valence-electron chi connectivity index (χ0n) is 10.2. The molecule has 1 aromatic rings. The molecule has 3 unspecified atom stereocenters. The van der Waals surface area contributed by atoms with Gasteiger partial charge in [-0.3, -0.25) is 4.21 Å². The van der Waals surface area contributed by atoms with Crippen molar-refractivity contribution in [2.75, 3.05) is 12.8 Å². The first-order valence-corrected chi connectivity index (χ1v) is 7.80. The quantitative estimate of drug-likeness (QED) is 0.901. The molecular weight excluding hydrogens is 277 g/mol. The summed E-state index contributed by atoms with van der Waals surface area (Å²) in [4.78, 5) is 0. The lowest BCUT2D eigenvalue weighted by Crippen LogP contribution is -2.29. The van der Waals surface area contributed by atoms with E-state index in [4.69, 9.17) is 23.2 Å². The fourth-order valence-corrected chi connectivity index (χ4v) is 2.21. The van der Waals surface area contributed by atoms with E-state index in [1.165, 1.54) is 0 Å². The van der Waals surface area contributed by atoms with Crippen molar-refractivity contribution in [3.63, 3.8) is 0 Å². The van der Waals surface area contributed by atoms with Gasteiger partial charge in [-0.25, -0.2) is 0 Å². The zero-order chi connectivity index (χ0) is 13.0. The van der Waals surface area contributed by atoms with Crippen molar-refractivity contribution in [1.29, 1.82) is 0 Å². The van der Waals surface area contributed by atoms with E-state index in [0.717, 1.165) is 5.56 Å². The topological polar surface area (TPSA) is 29.1 Å². The van der Waals surface area contributed by atoms with Crippen LogP contribution in [0, 0.1) is 0 Å². The Morgan fingerprint density at radius 1 is 1.35 bits per heavy atom. The Bertz CT molecular complexity index is 411. The maximum absolute atomic E-state index is 11.2. The lowest BCUT2D eigenvalue weighted by atomic mass is 10.1. The van der Waals surface area contributed by atoms with Gasteiger partial charge in [-0.2, -0.15) is 0 Å². The summed E-state index contributed by atoms with van der Waals surface area (Å²) in [5, 5.41) is 4.80. The van der Waals surface area contributed by atoms with E-state index < -0.39 is 10.8 Å². The number of nitrogens with one attached hydrogen (secondary N) is 1. The first-order valence-electron chi connectivity index (χ1n) is 5.42. The third-order valence-electron chi connectivity index (χ3n) is 2.70. The Morgan fingerprint density at radius 2 is 2.00 bits per heavy atom. The predicted octanol–water partition coefficient (Wildman–Crippen LogP) is 3.41. The fraction of sp³-hybridized carbons (Fsp3) is 0.500. The minimum Gasteiger partial charge on any atom is -0.309 e. The highest BCUT2D eigenvalue weighted by Crippen LogP contribution is 2.26. The molecular formula is C12H17Cl2NOS. The lowest BCUT2D eigenvalue weighted by molar-refractivity contribution is 0.569. The normalized spacial score (nSPS) is 16.5. The minimum atomic E-state index is -0.814. The summed E-state index contributed by atoms with van der Waals surface area (Å²) < 4.78 is 11.2. The van der Waals surface area contributed by atoms with Gasteiger partial charge in [0.2, 0.25) is 0 Å². The summed E-state index contributed by atoms with van der Waals surface area (Å²) in [5.41, 5.74) is 0.966. The summed E-state index contributed by atoms with van der Waals surface area (Å²) in [7, 11) is -0.814. The second-order valence-corrected chi connectivity index (χ2v) is 6.75. The van der Waals surface area contributed by atoms with Crippen LogP contribution in [0.25, 0.3) is 0 Å². The van der Waals surface area contributed by atoms with Crippen molar-refractivity contribution < 1.29 is 4.21 Å². The van der Waals surface area contributed by atoms with Crippen LogP contribution in [-0.2, 0) is 10.8 Å². The van der Waals surface area contributed by atoms with Crippen molar-refractivity contribution in [2.24, 2.45) is 0 Å². The van der Waals surface area contributed by atoms with Gasteiger partial charge in [0.05, 0.1) is 0 Å². The number of rotatable bonds is 5. The molecule has 0 radical (unpaired) electrons. The van der Waals surface area contributed by atoms with Crippen molar-refractivity contribution in [3.05, 3.63) is 33.8 Å². The number of benzene rings is 1. The largest absolute Gasteiger partial charge is 0.309 e. The van der Waals surface area contributed by atoms with Gasteiger partial charge >= 0.3 is 0 Å². The van der Waals surface area contributed by atoms with Crippen LogP contribution in [0.4, 0.5) is 0 Å². The van der Waals surface area contributed by atoms with Crippen molar-refractivity contribution in [2.45, 2.75) is 25.1 Å². The third-order valence-corrected chi connectivity index (χ3v) is 4.58. The highest BCUT2D eigenvalue weighted by molar-refractivity contribution is 7.84. The summed E-state index contributed by atoms with van der Waals surface area (Å²) in [5.74, 6) is 0. The fourth-order valence-electron chi connectivity index (χ4n) is 1.42. The van der Waals surface area contributed by atoms with Crippen LogP contribution in [0.5, 0.6) is 0 Å². The summed E-state index contributed by atoms with van der Waals surface area (Å²) >= 11 is 12.0. The van der Waals surface area contributed by atoms with E-state index in [1.54, 1.807) is 18.4 Å². The maximum atomic E-state index is 11.2.